The number of pyridine rings is 1. The van der Waals surface area contributed by atoms with E-state index in [4.69, 9.17) is 9.47 Å². The van der Waals surface area contributed by atoms with Gasteiger partial charge in [0.1, 0.15) is 17.4 Å². The first-order valence-electron chi connectivity index (χ1n) is 13.1. The summed E-state index contributed by atoms with van der Waals surface area (Å²) in [7, 11) is 3.25. The number of methoxy groups -OCH3 is 1. The minimum atomic E-state index is -0.477. The third kappa shape index (κ3) is 6.90. The third-order valence-electron chi connectivity index (χ3n) is 6.77. The standard InChI is InChI=1S/C31H34N4O5/c1-21-18-35(22(2)20-36)30(37)27-15-24(14-13-23-9-6-5-7-10-23)17-32-29(27)40-28(21)19-34(3)31(38)33-25-11-8-12-26(16-25)39-4/h5-12,15-17,21-22,28,36H,18-20H2,1-4H3,(H,33,38)/t21-,22-,28+/m1/s1. The number of likely N-dealkylation sites (N-methyl/N-ethyl adjacent to an activating group) is 1. The normalized spacial score (nSPS) is 17.2. The van der Waals surface area contributed by atoms with Gasteiger partial charge in [-0.1, -0.05) is 43.0 Å². The highest BCUT2D eigenvalue weighted by molar-refractivity contribution is 5.97. The molecule has 2 aromatic carbocycles. The van der Waals surface area contributed by atoms with Crippen LogP contribution in [0, 0.1) is 17.8 Å². The Labute approximate surface area is 234 Å². The molecule has 2 N–H and O–H groups in total. The first kappa shape index (κ1) is 28.5. The van der Waals surface area contributed by atoms with Gasteiger partial charge in [-0.25, -0.2) is 9.78 Å². The van der Waals surface area contributed by atoms with Crippen LogP contribution in [0.4, 0.5) is 10.5 Å². The molecule has 0 fully saturated rings. The summed E-state index contributed by atoms with van der Waals surface area (Å²) in [5.74, 6) is 6.49. The van der Waals surface area contributed by atoms with Crippen molar-refractivity contribution < 1.29 is 24.2 Å². The van der Waals surface area contributed by atoms with E-state index in [0.29, 0.717) is 23.5 Å². The first-order chi connectivity index (χ1) is 19.3. The van der Waals surface area contributed by atoms with Gasteiger partial charge in [0.15, 0.2) is 0 Å². The Bertz CT molecular complexity index is 1400. The van der Waals surface area contributed by atoms with Crippen molar-refractivity contribution in [3.63, 3.8) is 0 Å². The van der Waals surface area contributed by atoms with Gasteiger partial charge in [0.25, 0.3) is 5.91 Å². The van der Waals surface area contributed by atoms with Crippen LogP contribution in [0.3, 0.4) is 0 Å². The van der Waals surface area contributed by atoms with Gasteiger partial charge < -0.3 is 29.7 Å². The molecule has 9 nitrogen and oxygen atoms in total. The molecule has 208 valence electrons. The van der Waals surface area contributed by atoms with Crippen LogP contribution in [0.1, 0.15) is 35.3 Å². The van der Waals surface area contributed by atoms with Crippen molar-refractivity contribution in [2.45, 2.75) is 26.0 Å². The molecule has 0 saturated heterocycles. The molecule has 1 aliphatic rings. The molecule has 4 rings (SSSR count). The number of fused-ring (bicyclic) bond motifs is 1. The van der Waals surface area contributed by atoms with E-state index in [2.05, 4.69) is 22.1 Å². The smallest absolute Gasteiger partial charge is 0.321 e. The molecule has 0 unspecified atom stereocenters. The number of carbonyl (C=O) groups is 2. The number of hydrogen-bond donors (Lipinski definition) is 2. The predicted molar refractivity (Wildman–Crippen MR) is 152 cm³/mol. The zero-order valence-electron chi connectivity index (χ0n) is 23.1. The lowest BCUT2D eigenvalue weighted by atomic mass is 10.00. The lowest BCUT2D eigenvalue weighted by molar-refractivity contribution is 0.0356. The number of anilines is 1. The van der Waals surface area contributed by atoms with Crippen molar-refractivity contribution >= 4 is 17.6 Å². The average Bonchev–Trinajstić information content (AvgIpc) is 2.98. The van der Waals surface area contributed by atoms with E-state index in [1.807, 2.05) is 37.3 Å². The lowest BCUT2D eigenvalue weighted by Crippen LogP contribution is -2.50. The minimum Gasteiger partial charge on any atom is -0.497 e. The van der Waals surface area contributed by atoms with E-state index < -0.39 is 12.1 Å². The summed E-state index contributed by atoms with van der Waals surface area (Å²) in [5, 5.41) is 12.8. The number of benzene rings is 2. The van der Waals surface area contributed by atoms with E-state index >= 15 is 0 Å². The molecule has 3 amide bonds. The molecule has 9 heteroatoms. The number of aliphatic hydroxyl groups is 1. The Kier molecular flexibility index (Phi) is 9.25. The summed E-state index contributed by atoms with van der Waals surface area (Å²) in [6, 6.07) is 17.6. The van der Waals surface area contributed by atoms with Crippen LogP contribution in [0.15, 0.2) is 66.9 Å². The highest BCUT2D eigenvalue weighted by Gasteiger charge is 2.34. The lowest BCUT2D eigenvalue weighted by Gasteiger charge is -2.37. The zero-order valence-corrected chi connectivity index (χ0v) is 23.1. The van der Waals surface area contributed by atoms with Crippen LogP contribution in [0.5, 0.6) is 11.6 Å². The SMILES string of the molecule is COc1cccc(NC(=O)N(C)C[C@@H]2Oc3ncc(C#Cc4ccccc4)cc3C(=O)N([C@H](C)CO)C[C@H]2C)c1. The molecule has 1 aromatic heterocycles. The number of ether oxygens (including phenoxy) is 2. The summed E-state index contributed by atoms with van der Waals surface area (Å²) in [6.45, 7) is 4.12. The molecule has 40 heavy (non-hydrogen) atoms. The van der Waals surface area contributed by atoms with Crippen LogP contribution in [-0.2, 0) is 0 Å². The van der Waals surface area contributed by atoms with Crippen LogP contribution < -0.4 is 14.8 Å². The summed E-state index contributed by atoms with van der Waals surface area (Å²) in [5.41, 5.74) is 2.28. The number of rotatable bonds is 6. The second-order valence-electron chi connectivity index (χ2n) is 9.86. The van der Waals surface area contributed by atoms with Crippen LogP contribution in [0.2, 0.25) is 0 Å². The Balaban J connectivity index is 1.59. The maximum atomic E-state index is 13.6. The Morgan fingerprint density at radius 2 is 1.95 bits per heavy atom. The highest BCUT2D eigenvalue weighted by atomic mass is 16.5. The van der Waals surface area contributed by atoms with Gasteiger partial charge in [0.2, 0.25) is 5.88 Å². The molecule has 0 aliphatic carbocycles. The van der Waals surface area contributed by atoms with Crippen molar-refractivity contribution in [3.05, 3.63) is 83.6 Å². The van der Waals surface area contributed by atoms with Gasteiger partial charge in [0, 0.05) is 48.6 Å². The van der Waals surface area contributed by atoms with Gasteiger partial charge in [-0.2, -0.15) is 0 Å². The van der Waals surface area contributed by atoms with Gasteiger partial charge in [-0.15, -0.1) is 0 Å². The monoisotopic (exact) mass is 542 g/mol. The zero-order chi connectivity index (χ0) is 28.6. The number of aromatic nitrogens is 1. The minimum absolute atomic E-state index is 0.169. The van der Waals surface area contributed by atoms with Crippen LogP contribution in [-0.4, -0.2) is 77.8 Å². The third-order valence-corrected chi connectivity index (χ3v) is 6.77. The maximum Gasteiger partial charge on any atom is 0.321 e. The Morgan fingerprint density at radius 1 is 1.20 bits per heavy atom. The molecule has 0 radical (unpaired) electrons. The average molecular weight is 543 g/mol. The number of hydrogen-bond acceptors (Lipinski definition) is 6. The fourth-order valence-electron chi connectivity index (χ4n) is 4.33. The van der Waals surface area contributed by atoms with Crippen LogP contribution >= 0.6 is 0 Å². The fraction of sp³-hybridized carbons (Fsp3) is 0.323. The van der Waals surface area contributed by atoms with E-state index in [1.165, 1.54) is 4.90 Å². The number of nitrogens with zero attached hydrogens (tertiary/aromatic N) is 3. The topological polar surface area (TPSA) is 104 Å². The number of amides is 3. The van der Waals surface area contributed by atoms with E-state index in [1.54, 1.807) is 62.5 Å². The molecule has 3 aromatic rings. The van der Waals surface area contributed by atoms with Gasteiger partial charge in [0.05, 0.1) is 26.3 Å². The number of carbonyl (C=O) groups excluding carboxylic acids is 2. The second-order valence-corrected chi connectivity index (χ2v) is 9.86. The molecule has 2 heterocycles. The highest BCUT2D eigenvalue weighted by Crippen LogP contribution is 2.27. The number of nitrogens with one attached hydrogen (secondary N) is 1. The maximum absolute atomic E-state index is 13.6. The van der Waals surface area contributed by atoms with Crippen molar-refractivity contribution in [1.29, 1.82) is 0 Å². The number of urea groups is 1. The largest absolute Gasteiger partial charge is 0.497 e. The molecule has 0 bridgehead atoms. The Hall–Kier alpha value is -4.55. The van der Waals surface area contributed by atoms with Crippen molar-refractivity contribution in [2.24, 2.45) is 5.92 Å². The molecular weight excluding hydrogens is 508 g/mol. The first-order valence-corrected chi connectivity index (χ1v) is 13.1. The van der Waals surface area contributed by atoms with Crippen molar-refractivity contribution in [1.82, 2.24) is 14.8 Å². The van der Waals surface area contributed by atoms with Crippen molar-refractivity contribution in [2.75, 3.05) is 39.2 Å². The molecule has 1 aliphatic heterocycles. The molecular formula is C31H34N4O5. The summed E-state index contributed by atoms with van der Waals surface area (Å²) in [6.07, 6.45) is 1.10. The molecule has 3 atom stereocenters. The van der Waals surface area contributed by atoms with E-state index in [-0.39, 0.29) is 42.5 Å². The van der Waals surface area contributed by atoms with E-state index in [9.17, 15) is 14.7 Å². The quantitative estimate of drug-likeness (QED) is 0.459. The number of aliphatic hydroxyl groups excluding tert-OH is 1. The fourth-order valence-corrected chi connectivity index (χ4v) is 4.33. The van der Waals surface area contributed by atoms with Crippen molar-refractivity contribution in [3.8, 4) is 23.5 Å². The van der Waals surface area contributed by atoms with E-state index in [0.717, 1.165) is 5.56 Å². The van der Waals surface area contributed by atoms with Gasteiger partial charge in [-0.05, 0) is 37.3 Å². The van der Waals surface area contributed by atoms with Crippen LogP contribution in [0.25, 0.3) is 0 Å². The second kappa shape index (κ2) is 13.0. The van der Waals surface area contributed by atoms with Gasteiger partial charge >= 0.3 is 6.03 Å². The molecule has 0 saturated carbocycles. The summed E-state index contributed by atoms with van der Waals surface area (Å²) >= 11 is 0. The predicted octanol–water partition coefficient (Wildman–Crippen LogP) is 3.87. The Morgan fingerprint density at radius 3 is 2.67 bits per heavy atom. The molecule has 0 spiro atoms. The van der Waals surface area contributed by atoms with Gasteiger partial charge in [-0.3, -0.25) is 4.79 Å². The summed E-state index contributed by atoms with van der Waals surface area (Å²) in [4.78, 5) is 34.2. The summed E-state index contributed by atoms with van der Waals surface area (Å²) < 4.78 is 11.5.